The van der Waals surface area contributed by atoms with Gasteiger partial charge in [0.2, 0.25) is 0 Å². The number of nitrogens with one attached hydrogen (secondary N) is 2. The average molecular weight is 296 g/mol. The molecule has 0 aromatic heterocycles. The maximum atomic E-state index is 5.70. The maximum absolute atomic E-state index is 5.70. The Hall–Kier alpha value is -0.750. The van der Waals surface area contributed by atoms with Gasteiger partial charge in [0, 0.05) is 23.7 Å². The van der Waals surface area contributed by atoms with E-state index in [-0.39, 0.29) is 0 Å². The lowest BCUT2D eigenvalue weighted by Gasteiger charge is -2.23. The smallest absolute Gasteiger partial charge is 0.0314 e. The summed E-state index contributed by atoms with van der Waals surface area (Å²) in [6.07, 6.45) is 2.35. The first-order valence-corrected chi connectivity index (χ1v) is 8.11. The Balaban J connectivity index is 2.39. The van der Waals surface area contributed by atoms with Gasteiger partial charge in [-0.15, -0.1) is 0 Å². The van der Waals surface area contributed by atoms with Gasteiger partial charge < -0.3 is 11.1 Å². The van der Waals surface area contributed by atoms with Crippen LogP contribution >= 0.6 is 11.9 Å². The molecule has 0 aliphatic heterocycles. The van der Waals surface area contributed by atoms with E-state index < -0.39 is 0 Å². The Kier molecular flexibility index (Phi) is 8.69. The van der Waals surface area contributed by atoms with E-state index in [1.54, 1.807) is 11.9 Å². The molecule has 4 N–H and O–H groups in total. The highest BCUT2D eigenvalue weighted by Crippen LogP contribution is 2.17. The molecule has 0 spiro atoms. The lowest BCUT2D eigenvalue weighted by Crippen LogP contribution is -2.36. The SMILES string of the molecule is CNCCCN(CCC(C)C)NSc1ccc(N)cc1. The summed E-state index contributed by atoms with van der Waals surface area (Å²) < 4.78 is 0. The largest absolute Gasteiger partial charge is 0.399 e. The Morgan fingerprint density at radius 2 is 1.90 bits per heavy atom. The molecule has 0 heterocycles. The molecule has 0 saturated carbocycles. The first kappa shape index (κ1) is 17.3. The van der Waals surface area contributed by atoms with Gasteiger partial charge in [-0.25, -0.2) is 5.01 Å². The van der Waals surface area contributed by atoms with Gasteiger partial charge in [0.1, 0.15) is 0 Å². The van der Waals surface area contributed by atoms with Crippen molar-refractivity contribution >= 4 is 17.6 Å². The molecule has 1 aromatic rings. The van der Waals surface area contributed by atoms with Crippen molar-refractivity contribution in [1.82, 2.24) is 15.2 Å². The zero-order chi connectivity index (χ0) is 14.8. The van der Waals surface area contributed by atoms with Crippen molar-refractivity contribution in [3.8, 4) is 0 Å². The topological polar surface area (TPSA) is 53.3 Å². The van der Waals surface area contributed by atoms with Crippen LogP contribution in [0.2, 0.25) is 0 Å². The highest BCUT2D eigenvalue weighted by atomic mass is 32.2. The van der Waals surface area contributed by atoms with Gasteiger partial charge in [0.25, 0.3) is 0 Å². The molecule has 114 valence electrons. The van der Waals surface area contributed by atoms with Crippen molar-refractivity contribution in [2.24, 2.45) is 5.92 Å². The third kappa shape index (κ3) is 7.75. The number of rotatable bonds is 10. The zero-order valence-electron chi connectivity index (χ0n) is 12.9. The van der Waals surface area contributed by atoms with E-state index in [2.05, 4.69) is 29.0 Å². The van der Waals surface area contributed by atoms with Gasteiger partial charge >= 0.3 is 0 Å². The summed E-state index contributed by atoms with van der Waals surface area (Å²) in [4.78, 5) is 4.63. The van der Waals surface area contributed by atoms with Crippen molar-refractivity contribution in [3.05, 3.63) is 24.3 Å². The highest BCUT2D eigenvalue weighted by Gasteiger charge is 2.06. The van der Waals surface area contributed by atoms with Crippen LogP contribution in [0.4, 0.5) is 5.69 Å². The van der Waals surface area contributed by atoms with E-state index in [1.165, 1.54) is 11.3 Å². The quantitative estimate of drug-likeness (QED) is 0.268. The van der Waals surface area contributed by atoms with Crippen molar-refractivity contribution in [2.45, 2.75) is 31.6 Å². The zero-order valence-corrected chi connectivity index (χ0v) is 13.7. The van der Waals surface area contributed by atoms with Gasteiger partial charge in [0.15, 0.2) is 0 Å². The molecule has 0 amide bonds. The lowest BCUT2D eigenvalue weighted by molar-refractivity contribution is 0.232. The minimum atomic E-state index is 0.727. The first-order chi connectivity index (χ1) is 9.61. The van der Waals surface area contributed by atoms with Crippen LogP contribution in [0.25, 0.3) is 0 Å². The molecule has 0 saturated heterocycles. The normalized spacial score (nSPS) is 11.4. The molecule has 5 heteroatoms. The summed E-state index contributed by atoms with van der Waals surface area (Å²) in [5, 5.41) is 5.50. The number of nitrogen functional groups attached to an aromatic ring is 1. The van der Waals surface area contributed by atoms with E-state index in [9.17, 15) is 0 Å². The minimum absolute atomic E-state index is 0.727. The molecule has 0 unspecified atom stereocenters. The number of nitrogens with zero attached hydrogens (tertiary/aromatic N) is 1. The summed E-state index contributed by atoms with van der Waals surface area (Å²) in [7, 11) is 2.00. The summed E-state index contributed by atoms with van der Waals surface area (Å²) >= 11 is 1.65. The van der Waals surface area contributed by atoms with Gasteiger partial charge in [-0.1, -0.05) is 13.8 Å². The van der Waals surface area contributed by atoms with Crippen molar-refractivity contribution in [1.29, 1.82) is 0 Å². The van der Waals surface area contributed by atoms with Crippen molar-refractivity contribution in [2.75, 3.05) is 32.4 Å². The molecule has 1 aromatic carbocycles. The van der Waals surface area contributed by atoms with Crippen LogP contribution in [0.3, 0.4) is 0 Å². The van der Waals surface area contributed by atoms with Crippen molar-refractivity contribution in [3.63, 3.8) is 0 Å². The molecule has 1 rings (SSSR count). The average Bonchev–Trinajstić information content (AvgIpc) is 2.43. The predicted molar refractivity (Wildman–Crippen MR) is 89.4 cm³/mol. The molecule has 0 atom stereocenters. The Bertz CT molecular complexity index is 353. The lowest BCUT2D eigenvalue weighted by atomic mass is 10.1. The standard InChI is InChI=1S/C15H28N4S/c1-13(2)9-12-19(11-4-10-17-3)18-20-15-7-5-14(16)6-8-15/h5-8,13,17-18H,4,9-12,16H2,1-3H3. The monoisotopic (exact) mass is 296 g/mol. The number of hydrogen-bond acceptors (Lipinski definition) is 5. The number of benzene rings is 1. The minimum Gasteiger partial charge on any atom is -0.399 e. The maximum Gasteiger partial charge on any atom is 0.0314 e. The van der Waals surface area contributed by atoms with E-state index in [0.717, 1.165) is 37.7 Å². The number of hydrogen-bond donors (Lipinski definition) is 3. The molecular formula is C15H28N4S. The predicted octanol–water partition coefficient (Wildman–Crippen LogP) is 2.74. The molecule has 0 bridgehead atoms. The van der Waals surface area contributed by atoms with Gasteiger partial charge in [0.05, 0.1) is 0 Å². The Morgan fingerprint density at radius 3 is 2.50 bits per heavy atom. The van der Waals surface area contributed by atoms with Crippen LogP contribution in [-0.2, 0) is 0 Å². The van der Waals surface area contributed by atoms with E-state index >= 15 is 0 Å². The number of anilines is 1. The molecule has 0 fully saturated rings. The third-order valence-electron chi connectivity index (χ3n) is 3.00. The van der Waals surface area contributed by atoms with Crippen LogP contribution in [-0.4, -0.2) is 31.7 Å². The summed E-state index contributed by atoms with van der Waals surface area (Å²) in [6.45, 7) is 7.70. The molecule has 0 radical (unpaired) electrons. The number of hydrazine groups is 1. The van der Waals surface area contributed by atoms with E-state index in [0.29, 0.717) is 0 Å². The third-order valence-corrected chi connectivity index (χ3v) is 3.86. The van der Waals surface area contributed by atoms with Gasteiger partial charge in [-0.05, 0) is 68.6 Å². The Morgan fingerprint density at radius 1 is 1.20 bits per heavy atom. The highest BCUT2D eigenvalue weighted by molar-refractivity contribution is 7.97. The first-order valence-electron chi connectivity index (χ1n) is 7.29. The second kappa shape index (κ2) is 10.0. The van der Waals surface area contributed by atoms with Crippen LogP contribution < -0.4 is 15.9 Å². The fraction of sp³-hybridized carbons (Fsp3) is 0.600. The fourth-order valence-corrected chi connectivity index (χ4v) is 2.41. The Labute approximate surface area is 127 Å². The summed E-state index contributed by atoms with van der Waals surface area (Å²) in [5.41, 5.74) is 6.50. The molecule has 20 heavy (non-hydrogen) atoms. The van der Waals surface area contributed by atoms with Gasteiger partial charge in [-0.2, -0.15) is 4.83 Å². The molecule has 0 aliphatic carbocycles. The summed E-state index contributed by atoms with van der Waals surface area (Å²) in [5.74, 6) is 0.727. The molecule has 0 aliphatic rings. The van der Waals surface area contributed by atoms with Crippen LogP contribution in [0.1, 0.15) is 26.7 Å². The van der Waals surface area contributed by atoms with Crippen LogP contribution in [0, 0.1) is 5.92 Å². The van der Waals surface area contributed by atoms with Crippen LogP contribution in [0.15, 0.2) is 29.2 Å². The van der Waals surface area contributed by atoms with Gasteiger partial charge in [-0.3, -0.25) is 0 Å². The number of nitrogens with two attached hydrogens (primary N) is 1. The molecule has 4 nitrogen and oxygen atoms in total. The second-order valence-corrected chi connectivity index (χ2v) is 6.25. The fourth-order valence-electron chi connectivity index (χ4n) is 1.72. The summed E-state index contributed by atoms with van der Waals surface area (Å²) in [6, 6.07) is 7.95. The van der Waals surface area contributed by atoms with Crippen molar-refractivity contribution < 1.29 is 0 Å². The van der Waals surface area contributed by atoms with E-state index in [4.69, 9.17) is 5.73 Å². The molecular weight excluding hydrogens is 268 g/mol. The van der Waals surface area contributed by atoms with Crippen LogP contribution in [0.5, 0.6) is 0 Å². The second-order valence-electron chi connectivity index (χ2n) is 5.39. The van der Waals surface area contributed by atoms with E-state index in [1.807, 2.05) is 31.3 Å².